The van der Waals surface area contributed by atoms with Crippen LogP contribution in [0.1, 0.15) is 19.4 Å². The van der Waals surface area contributed by atoms with Crippen LogP contribution in [0.2, 0.25) is 10.0 Å². The molecule has 1 amide bonds. The molecular weight excluding hydrogens is 371 g/mol. The highest BCUT2D eigenvalue weighted by Gasteiger charge is 2.24. The zero-order valence-corrected chi connectivity index (χ0v) is 16.1. The molecule has 0 radical (unpaired) electrons. The van der Waals surface area contributed by atoms with Crippen molar-refractivity contribution in [3.8, 4) is 5.75 Å². The molecule has 0 fully saturated rings. The van der Waals surface area contributed by atoms with Gasteiger partial charge in [0.15, 0.2) is 6.61 Å². The quantitative estimate of drug-likeness (QED) is 0.625. The molecule has 3 rings (SSSR count). The molecule has 0 aliphatic carbocycles. The molecule has 4 nitrogen and oxygen atoms in total. The van der Waals surface area contributed by atoms with Gasteiger partial charge < -0.3 is 15.0 Å². The molecule has 2 N–H and O–H groups in total. The normalized spacial score (nSPS) is 11.5. The number of fused-ring (bicyclic) bond motifs is 1. The summed E-state index contributed by atoms with van der Waals surface area (Å²) in [4.78, 5) is 15.4. The fraction of sp³-hybridized carbons (Fsp3) is 0.250. The molecule has 26 heavy (non-hydrogen) atoms. The summed E-state index contributed by atoms with van der Waals surface area (Å²) in [5, 5.41) is 5.36. The minimum atomic E-state index is -0.248. The predicted octanol–water partition coefficient (Wildman–Crippen LogP) is 4.95. The molecule has 0 unspecified atom stereocenters. The number of halogens is 2. The van der Waals surface area contributed by atoms with Gasteiger partial charge in [-0.25, -0.2) is 0 Å². The van der Waals surface area contributed by atoms with Crippen LogP contribution < -0.4 is 10.1 Å². The third-order valence-corrected chi connectivity index (χ3v) is 4.77. The summed E-state index contributed by atoms with van der Waals surface area (Å²) in [5.74, 6) is 0.438. The summed E-state index contributed by atoms with van der Waals surface area (Å²) < 4.78 is 5.47. The number of ether oxygens (including phenoxy) is 1. The number of aromatic amines is 1. The van der Waals surface area contributed by atoms with Crippen molar-refractivity contribution in [3.63, 3.8) is 0 Å². The Morgan fingerprint density at radius 3 is 2.54 bits per heavy atom. The maximum Gasteiger partial charge on any atom is 0.257 e. The van der Waals surface area contributed by atoms with Gasteiger partial charge >= 0.3 is 0 Å². The summed E-state index contributed by atoms with van der Waals surface area (Å²) in [6.07, 6.45) is 1.97. The van der Waals surface area contributed by atoms with Crippen molar-refractivity contribution in [2.24, 2.45) is 0 Å². The van der Waals surface area contributed by atoms with Gasteiger partial charge in [0.25, 0.3) is 5.91 Å². The van der Waals surface area contributed by atoms with E-state index in [9.17, 15) is 4.79 Å². The number of H-pyrrole nitrogens is 1. The van der Waals surface area contributed by atoms with Crippen molar-refractivity contribution in [1.29, 1.82) is 0 Å². The number of hydrogen-bond donors (Lipinski definition) is 2. The Labute approximate surface area is 162 Å². The lowest BCUT2D eigenvalue weighted by atomic mass is 9.84. The van der Waals surface area contributed by atoms with Crippen molar-refractivity contribution in [3.05, 3.63) is 64.3 Å². The van der Waals surface area contributed by atoms with E-state index in [0.29, 0.717) is 22.3 Å². The number of hydrogen-bond acceptors (Lipinski definition) is 2. The largest absolute Gasteiger partial charge is 0.484 e. The van der Waals surface area contributed by atoms with Crippen LogP contribution in [0.15, 0.2) is 48.7 Å². The van der Waals surface area contributed by atoms with E-state index in [-0.39, 0.29) is 17.9 Å². The first-order chi connectivity index (χ1) is 12.3. The summed E-state index contributed by atoms with van der Waals surface area (Å²) in [6.45, 7) is 4.63. The van der Waals surface area contributed by atoms with Gasteiger partial charge in [0.2, 0.25) is 0 Å². The van der Waals surface area contributed by atoms with E-state index in [2.05, 4.69) is 24.1 Å². The molecule has 0 aliphatic rings. The maximum atomic E-state index is 12.1. The zero-order chi connectivity index (χ0) is 18.7. The van der Waals surface area contributed by atoms with E-state index in [4.69, 9.17) is 27.9 Å². The maximum absolute atomic E-state index is 12.1. The minimum absolute atomic E-state index is 0.0405. The van der Waals surface area contributed by atoms with Crippen molar-refractivity contribution in [1.82, 2.24) is 10.3 Å². The van der Waals surface area contributed by atoms with Crippen molar-refractivity contribution in [2.45, 2.75) is 19.3 Å². The molecule has 0 aliphatic heterocycles. The van der Waals surface area contributed by atoms with Crippen molar-refractivity contribution >= 4 is 40.0 Å². The molecular formula is C20H20Cl2N2O2. The van der Waals surface area contributed by atoms with Gasteiger partial charge in [0.1, 0.15) is 5.75 Å². The van der Waals surface area contributed by atoms with E-state index in [1.54, 1.807) is 24.3 Å². The number of nitrogens with one attached hydrogen (secondary N) is 2. The molecule has 3 aromatic rings. The average Bonchev–Trinajstić information content (AvgIpc) is 3.03. The summed E-state index contributed by atoms with van der Waals surface area (Å²) >= 11 is 11.9. The summed E-state index contributed by atoms with van der Waals surface area (Å²) in [5.41, 5.74) is 1.86. The molecule has 1 aromatic heterocycles. The molecule has 2 aromatic carbocycles. The number of rotatable bonds is 6. The van der Waals surface area contributed by atoms with Crippen LogP contribution in [0.5, 0.6) is 5.75 Å². The lowest BCUT2D eigenvalue weighted by Crippen LogP contribution is -2.38. The second-order valence-electron chi connectivity index (χ2n) is 6.80. The van der Waals surface area contributed by atoms with Crippen LogP contribution in [0, 0.1) is 0 Å². The van der Waals surface area contributed by atoms with E-state index in [1.165, 1.54) is 0 Å². The Bertz CT molecular complexity index is 917. The highest BCUT2D eigenvalue weighted by molar-refractivity contribution is 6.31. The Kier molecular flexibility index (Phi) is 5.44. The smallest absolute Gasteiger partial charge is 0.257 e. The number of carbonyl (C=O) groups excluding carboxylic acids is 1. The van der Waals surface area contributed by atoms with E-state index < -0.39 is 0 Å². The second kappa shape index (κ2) is 7.60. The van der Waals surface area contributed by atoms with Crippen LogP contribution in [0.3, 0.4) is 0 Å². The first-order valence-corrected chi connectivity index (χ1v) is 9.03. The Balaban J connectivity index is 1.60. The third kappa shape index (κ3) is 4.32. The third-order valence-electron chi connectivity index (χ3n) is 4.28. The van der Waals surface area contributed by atoms with Gasteiger partial charge in [-0.2, -0.15) is 0 Å². The highest BCUT2D eigenvalue weighted by atomic mass is 35.5. The van der Waals surface area contributed by atoms with Crippen LogP contribution >= 0.6 is 23.2 Å². The first-order valence-electron chi connectivity index (χ1n) is 8.27. The van der Waals surface area contributed by atoms with Gasteiger partial charge in [-0.1, -0.05) is 43.1 Å². The fourth-order valence-electron chi connectivity index (χ4n) is 2.80. The lowest BCUT2D eigenvalue weighted by molar-refractivity contribution is -0.123. The minimum Gasteiger partial charge on any atom is -0.484 e. The van der Waals surface area contributed by atoms with Crippen molar-refractivity contribution < 1.29 is 9.53 Å². The van der Waals surface area contributed by atoms with Gasteiger partial charge in [-0.15, -0.1) is 0 Å². The summed E-state index contributed by atoms with van der Waals surface area (Å²) in [7, 11) is 0. The standard InChI is InChI=1S/C20H20Cl2N2O2/c1-20(2,17-10-23-18-9-14(22)5-8-16(17)18)12-24-19(25)11-26-15-6-3-13(21)4-7-15/h3-10,23H,11-12H2,1-2H3,(H,24,25). The van der Waals surface area contributed by atoms with Crippen molar-refractivity contribution in [2.75, 3.05) is 13.2 Å². The second-order valence-corrected chi connectivity index (χ2v) is 7.67. The van der Waals surface area contributed by atoms with E-state index in [1.807, 2.05) is 24.4 Å². The highest BCUT2D eigenvalue weighted by Crippen LogP contribution is 2.31. The molecule has 6 heteroatoms. The molecule has 1 heterocycles. The number of aromatic nitrogens is 1. The van der Waals surface area contributed by atoms with Gasteiger partial charge in [-0.05, 0) is 42.0 Å². The van der Waals surface area contributed by atoms with Crippen LogP contribution in [0.25, 0.3) is 10.9 Å². The Morgan fingerprint density at radius 2 is 1.81 bits per heavy atom. The molecule has 0 saturated heterocycles. The molecule has 0 atom stereocenters. The van der Waals surface area contributed by atoms with E-state index in [0.717, 1.165) is 16.5 Å². The van der Waals surface area contributed by atoms with Gasteiger partial charge in [0, 0.05) is 39.1 Å². The first kappa shape index (κ1) is 18.6. The average molecular weight is 391 g/mol. The molecule has 0 bridgehead atoms. The Morgan fingerprint density at radius 1 is 1.12 bits per heavy atom. The zero-order valence-electron chi connectivity index (χ0n) is 14.6. The number of benzene rings is 2. The van der Waals surface area contributed by atoms with Crippen LogP contribution in [-0.2, 0) is 10.2 Å². The number of amides is 1. The fourth-order valence-corrected chi connectivity index (χ4v) is 3.10. The van der Waals surface area contributed by atoms with Crippen LogP contribution in [-0.4, -0.2) is 24.0 Å². The van der Waals surface area contributed by atoms with Gasteiger partial charge in [0.05, 0.1) is 0 Å². The Hall–Kier alpha value is -2.17. The molecule has 0 saturated carbocycles. The topological polar surface area (TPSA) is 54.1 Å². The molecule has 136 valence electrons. The SMILES string of the molecule is CC(C)(CNC(=O)COc1ccc(Cl)cc1)c1c[nH]c2cc(Cl)ccc12. The monoisotopic (exact) mass is 390 g/mol. The number of carbonyl (C=O) groups is 1. The predicted molar refractivity (Wildman–Crippen MR) is 106 cm³/mol. The summed E-state index contributed by atoms with van der Waals surface area (Å²) in [6, 6.07) is 12.7. The lowest BCUT2D eigenvalue weighted by Gasteiger charge is -2.25. The van der Waals surface area contributed by atoms with Crippen LogP contribution in [0.4, 0.5) is 0 Å². The molecule has 0 spiro atoms. The van der Waals surface area contributed by atoms with Gasteiger partial charge in [-0.3, -0.25) is 4.79 Å². The van der Waals surface area contributed by atoms with E-state index >= 15 is 0 Å².